The lowest BCUT2D eigenvalue weighted by Gasteiger charge is -2.34. The van der Waals surface area contributed by atoms with Gasteiger partial charge >= 0.3 is 0 Å². The van der Waals surface area contributed by atoms with E-state index in [4.69, 9.17) is 4.74 Å². The Hall–Kier alpha value is -1.16. The van der Waals surface area contributed by atoms with Crippen molar-refractivity contribution in [1.29, 1.82) is 0 Å². The maximum absolute atomic E-state index is 11.9. The Balaban J connectivity index is 1.78. The van der Waals surface area contributed by atoms with E-state index >= 15 is 0 Å². The van der Waals surface area contributed by atoms with Gasteiger partial charge in [-0.3, -0.25) is 9.48 Å². The van der Waals surface area contributed by atoms with E-state index in [2.05, 4.69) is 5.10 Å². The number of rotatable bonds is 6. The van der Waals surface area contributed by atoms with Crippen LogP contribution in [0.25, 0.3) is 0 Å². The van der Waals surface area contributed by atoms with Crippen molar-refractivity contribution in [2.45, 2.75) is 45.8 Å². The Morgan fingerprint density at radius 1 is 1.53 bits per heavy atom. The van der Waals surface area contributed by atoms with Crippen LogP contribution < -0.4 is 0 Å². The first-order chi connectivity index (χ1) is 8.22. The van der Waals surface area contributed by atoms with Crippen molar-refractivity contribution >= 4 is 5.78 Å². The van der Waals surface area contributed by atoms with Gasteiger partial charge in [0.05, 0.1) is 17.9 Å². The SMILES string of the molecule is CCOC1CC(CC(=O)c2cnn(CC)c2)C1. The second-order valence-electron chi connectivity index (χ2n) is 4.63. The summed E-state index contributed by atoms with van der Waals surface area (Å²) >= 11 is 0. The summed E-state index contributed by atoms with van der Waals surface area (Å²) in [6.07, 6.45) is 6.59. The number of nitrogens with zero attached hydrogens (tertiary/aromatic N) is 2. The molecule has 94 valence electrons. The Morgan fingerprint density at radius 3 is 2.88 bits per heavy atom. The smallest absolute Gasteiger partial charge is 0.166 e. The van der Waals surface area contributed by atoms with Crippen LogP contribution in [-0.4, -0.2) is 28.3 Å². The van der Waals surface area contributed by atoms with Crippen LogP contribution in [0.5, 0.6) is 0 Å². The quantitative estimate of drug-likeness (QED) is 0.712. The van der Waals surface area contributed by atoms with Gasteiger partial charge in [0.2, 0.25) is 0 Å². The topological polar surface area (TPSA) is 44.1 Å². The lowest BCUT2D eigenvalue weighted by Crippen LogP contribution is -2.32. The molecule has 1 aromatic heterocycles. The molecule has 0 aliphatic heterocycles. The minimum absolute atomic E-state index is 0.213. The lowest BCUT2D eigenvalue weighted by atomic mass is 9.78. The van der Waals surface area contributed by atoms with Gasteiger partial charge in [0.1, 0.15) is 0 Å². The highest BCUT2D eigenvalue weighted by Gasteiger charge is 2.31. The molecule has 0 bridgehead atoms. The molecule has 2 rings (SSSR count). The first kappa shape index (κ1) is 12.3. The highest BCUT2D eigenvalue weighted by atomic mass is 16.5. The molecular formula is C13H20N2O2. The first-order valence-corrected chi connectivity index (χ1v) is 6.40. The minimum Gasteiger partial charge on any atom is -0.378 e. The zero-order chi connectivity index (χ0) is 12.3. The molecule has 0 spiro atoms. The van der Waals surface area contributed by atoms with Gasteiger partial charge in [-0.1, -0.05) is 0 Å². The first-order valence-electron chi connectivity index (χ1n) is 6.40. The van der Waals surface area contributed by atoms with Crippen molar-refractivity contribution in [2.75, 3.05) is 6.61 Å². The minimum atomic E-state index is 0.213. The average Bonchev–Trinajstić information content (AvgIpc) is 2.74. The average molecular weight is 236 g/mol. The number of aryl methyl sites for hydroxylation is 1. The van der Waals surface area contributed by atoms with Gasteiger partial charge < -0.3 is 4.74 Å². The third kappa shape index (κ3) is 2.94. The van der Waals surface area contributed by atoms with E-state index in [-0.39, 0.29) is 5.78 Å². The Kier molecular flexibility index (Phi) is 3.94. The molecule has 1 aromatic rings. The van der Waals surface area contributed by atoms with Gasteiger partial charge in [0.25, 0.3) is 0 Å². The molecule has 0 N–H and O–H groups in total. The lowest BCUT2D eigenvalue weighted by molar-refractivity contribution is -0.0246. The normalized spacial score (nSPS) is 23.4. The van der Waals surface area contributed by atoms with Gasteiger partial charge in [-0.05, 0) is 32.6 Å². The largest absolute Gasteiger partial charge is 0.378 e. The van der Waals surface area contributed by atoms with Crippen LogP contribution in [0.4, 0.5) is 0 Å². The molecule has 1 saturated carbocycles. The van der Waals surface area contributed by atoms with Crippen LogP contribution in [0, 0.1) is 5.92 Å². The van der Waals surface area contributed by atoms with E-state index in [9.17, 15) is 4.79 Å². The number of carbonyl (C=O) groups excluding carboxylic acids is 1. The van der Waals surface area contributed by atoms with Crippen molar-refractivity contribution in [3.05, 3.63) is 18.0 Å². The molecule has 0 aromatic carbocycles. The standard InChI is InChI=1S/C13H20N2O2/c1-3-15-9-11(8-14-15)13(16)7-10-5-12(6-10)17-4-2/h8-10,12H,3-7H2,1-2H3. The highest BCUT2D eigenvalue weighted by molar-refractivity contribution is 5.95. The van der Waals surface area contributed by atoms with E-state index in [1.807, 2.05) is 20.0 Å². The highest BCUT2D eigenvalue weighted by Crippen LogP contribution is 2.33. The van der Waals surface area contributed by atoms with Gasteiger partial charge in [0.15, 0.2) is 5.78 Å². The Labute approximate surface area is 102 Å². The van der Waals surface area contributed by atoms with E-state index in [0.717, 1.165) is 31.6 Å². The summed E-state index contributed by atoms with van der Waals surface area (Å²) < 4.78 is 7.28. The molecule has 0 amide bonds. The Bertz CT molecular complexity index is 381. The molecule has 1 heterocycles. The number of carbonyl (C=O) groups is 1. The molecule has 1 aliphatic carbocycles. The fourth-order valence-electron chi connectivity index (χ4n) is 2.27. The van der Waals surface area contributed by atoms with Crippen molar-refractivity contribution in [3.8, 4) is 0 Å². The monoisotopic (exact) mass is 236 g/mol. The maximum Gasteiger partial charge on any atom is 0.166 e. The van der Waals surface area contributed by atoms with Gasteiger partial charge in [-0.25, -0.2) is 0 Å². The number of hydrogen-bond acceptors (Lipinski definition) is 3. The van der Waals surface area contributed by atoms with Crippen LogP contribution >= 0.6 is 0 Å². The third-order valence-electron chi connectivity index (χ3n) is 3.35. The summed E-state index contributed by atoms with van der Waals surface area (Å²) in [6, 6.07) is 0. The van der Waals surface area contributed by atoms with E-state index < -0.39 is 0 Å². The van der Waals surface area contributed by atoms with Crippen LogP contribution in [0.1, 0.15) is 43.5 Å². The van der Waals surface area contributed by atoms with E-state index in [1.165, 1.54) is 0 Å². The molecule has 4 heteroatoms. The zero-order valence-corrected chi connectivity index (χ0v) is 10.6. The summed E-state index contributed by atoms with van der Waals surface area (Å²) in [4.78, 5) is 11.9. The second kappa shape index (κ2) is 5.45. The van der Waals surface area contributed by atoms with Crippen LogP contribution in [-0.2, 0) is 11.3 Å². The zero-order valence-electron chi connectivity index (χ0n) is 10.6. The number of aromatic nitrogens is 2. The molecule has 0 atom stereocenters. The van der Waals surface area contributed by atoms with Crippen molar-refractivity contribution in [1.82, 2.24) is 9.78 Å². The molecule has 4 nitrogen and oxygen atoms in total. The van der Waals surface area contributed by atoms with Crippen molar-refractivity contribution < 1.29 is 9.53 Å². The second-order valence-corrected chi connectivity index (χ2v) is 4.63. The molecule has 0 unspecified atom stereocenters. The van der Waals surface area contributed by atoms with Crippen LogP contribution in [0.15, 0.2) is 12.4 Å². The van der Waals surface area contributed by atoms with Gasteiger partial charge in [0, 0.05) is 25.8 Å². The van der Waals surface area contributed by atoms with E-state index in [0.29, 0.717) is 18.4 Å². The molecule has 0 saturated heterocycles. The summed E-state index contributed by atoms with van der Waals surface area (Å²) in [5.41, 5.74) is 0.742. The fourth-order valence-corrected chi connectivity index (χ4v) is 2.27. The molecule has 17 heavy (non-hydrogen) atoms. The third-order valence-corrected chi connectivity index (χ3v) is 3.35. The van der Waals surface area contributed by atoms with Gasteiger partial charge in [-0.2, -0.15) is 5.10 Å². The predicted octanol–water partition coefficient (Wildman–Crippen LogP) is 2.29. The van der Waals surface area contributed by atoms with Crippen LogP contribution in [0.2, 0.25) is 0 Å². The van der Waals surface area contributed by atoms with E-state index in [1.54, 1.807) is 10.9 Å². The molecular weight excluding hydrogens is 216 g/mol. The molecule has 1 fully saturated rings. The summed E-state index contributed by atoms with van der Waals surface area (Å²) in [6.45, 7) is 5.61. The number of hydrogen-bond donors (Lipinski definition) is 0. The van der Waals surface area contributed by atoms with Gasteiger partial charge in [-0.15, -0.1) is 0 Å². The number of ether oxygens (including phenoxy) is 1. The Morgan fingerprint density at radius 2 is 2.29 bits per heavy atom. The van der Waals surface area contributed by atoms with Crippen molar-refractivity contribution in [3.63, 3.8) is 0 Å². The fraction of sp³-hybridized carbons (Fsp3) is 0.692. The summed E-state index contributed by atoms with van der Waals surface area (Å²) in [7, 11) is 0. The number of Topliss-reactive ketones (excluding diaryl/α,β-unsaturated/α-hetero) is 1. The predicted molar refractivity (Wildman–Crippen MR) is 65.0 cm³/mol. The summed E-state index contributed by atoms with van der Waals surface area (Å²) in [5.74, 6) is 0.716. The molecule has 1 aliphatic rings. The van der Waals surface area contributed by atoms with Crippen LogP contribution in [0.3, 0.4) is 0 Å². The van der Waals surface area contributed by atoms with Crippen molar-refractivity contribution in [2.24, 2.45) is 5.92 Å². The maximum atomic E-state index is 11.9. The summed E-state index contributed by atoms with van der Waals surface area (Å²) in [5, 5.41) is 4.12. The number of ketones is 1. The molecule has 0 radical (unpaired) electrons.